The van der Waals surface area contributed by atoms with E-state index in [1.807, 2.05) is 0 Å². The molecule has 9 nitrogen and oxygen atoms in total. The van der Waals surface area contributed by atoms with Crippen LogP contribution in [0.5, 0.6) is 11.5 Å². The number of hydrogen-bond donors (Lipinski definition) is 1. The molecule has 0 unspecified atom stereocenters. The molecule has 1 saturated heterocycles. The van der Waals surface area contributed by atoms with Crippen LogP contribution in [-0.2, 0) is 19.1 Å². The van der Waals surface area contributed by atoms with Crippen LogP contribution in [0.3, 0.4) is 0 Å². The van der Waals surface area contributed by atoms with Crippen LogP contribution in [0, 0.1) is 0 Å². The number of hydrazone groups is 1. The maximum atomic E-state index is 13.2. The molecule has 0 saturated carbocycles. The first kappa shape index (κ1) is 24.2. The van der Waals surface area contributed by atoms with E-state index in [0.29, 0.717) is 11.3 Å². The molecule has 0 spiro atoms. The quantitative estimate of drug-likeness (QED) is 0.358. The van der Waals surface area contributed by atoms with E-state index in [-0.39, 0.29) is 38.6 Å². The summed E-state index contributed by atoms with van der Waals surface area (Å²) in [5.41, 5.74) is 0.443. The molecule has 2 aromatic carbocycles. The van der Waals surface area contributed by atoms with Gasteiger partial charge >= 0.3 is 5.97 Å². The molecule has 4 rings (SSSR count). The van der Waals surface area contributed by atoms with E-state index in [1.165, 1.54) is 19.4 Å². The van der Waals surface area contributed by atoms with E-state index in [1.54, 1.807) is 55.5 Å². The predicted molar refractivity (Wildman–Crippen MR) is 136 cm³/mol. The van der Waals surface area contributed by atoms with Crippen LogP contribution in [0.4, 0.5) is 5.69 Å². The number of phenolic OH excluding ortho intramolecular Hbond substituents is 1. The average Bonchev–Trinajstić information content (AvgIpc) is 3.32. The largest absolute Gasteiger partial charge is 0.504 e. The van der Waals surface area contributed by atoms with Crippen molar-refractivity contribution in [3.05, 3.63) is 70.8 Å². The highest BCUT2D eigenvalue weighted by atomic mass is 32.2. The van der Waals surface area contributed by atoms with Gasteiger partial charge in [-0.25, -0.2) is 4.79 Å². The molecule has 2 aliphatic rings. The van der Waals surface area contributed by atoms with E-state index in [9.17, 15) is 19.5 Å². The number of esters is 1. The van der Waals surface area contributed by atoms with Crippen molar-refractivity contribution in [3.63, 3.8) is 0 Å². The van der Waals surface area contributed by atoms with Crippen LogP contribution < -0.4 is 9.75 Å². The molecule has 178 valence electrons. The van der Waals surface area contributed by atoms with E-state index < -0.39 is 17.8 Å². The predicted octanol–water partition coefficient (Wildman–Crippen LogP) is 3.45. The van der Waals surface area contributed by atoms with Gasteiger partial charge in [0.15, 0.2) is 21.5 Å². The number of rotatable bonds is 6. The number of methoxy groups -OCH3 is 1. The lowest BCUT2D eigenvalue weighted by Crippen LogP contribution is -2.28. The summed E-state index contributed by atoms with van der Waals surface area (Å²) in [5.74, 6) is -1.80. The normalized spacial score (nSPS) is 18.0. The molecular weight excluding hydrogens is 490 g/mol. The van der Waals surface area contributed by atoms with Crippen LogP contribution in [0.1, 0.15) is 12.5 Å². The molecule has 0 aromatic heterocycles. The molecule has 1 fully saturated rings. The van der Waals surface area contributed by atoms with Gasteiger partial charge in [0.05, 0.1) is 29.9 Å². The third-order valence-electron chi connectivity index (χ3n) is 4.97. The number of thiocarbonyl (C=S) groups is 1. The highest BCUT2D eigenvalue weighted by molar-refractivity contribution is 8.26. The van der Waals surface area contributed by atoms with Crippen molar-refractivity contribution in [1.29, 1.82) is 0 Å². The minimum Gasteiger partial charge on any atom is -0.504 e. The van der Waals surface area contributed by atoms with Crippen LogP contribution in [0.25, 0.3) is 6.08 Å². The zero-order chi connectivity index (χ0) is 25.1. The lowest BCUT2D eigenvalue weighted by Gasteiger charge is -2.12. The summed E-state index contributed by atoms with van der Waals surface area (Å²) < 4.78 is 10.3. The smallest absolute Gasteiger partial charge is 0.359 e. The molecule has 0 radical (unpaired) electrons. The fourth-order valence-corrected chi connectivity index (χ4v) is 4.51. The molecule has 2 amide bonds. The first-order valence-corrected chi connectivity index (χ1v) is 11.6. The second-order valence-corrected chi connectivity index (χ2v) is 8.79. The summed E-state index contributed by atoms with van der Waals surface area (Å²) >= 11 is 6.35. The highest BCUT2D eigenvalue weighted by Crippen LogP contribution is 2.37. The van der Waals surface area contributed by atoms with E-state index in [0.717, 1.165) is 21.7 Å². The number of anilines is 1. The monoisotopic (exact) mass is 509 g/mol. The first-order chi connectivity index (χ1) is 16.8. The number of carbonyl (C=O) groups is 3. The van der Waals surface area contributed by atoms with Gasteiger partial charge in [0, 0.05) is 11.8 Å². The number of benzene rings is 2. The number of thioether (sulfide) groups is 1. The zero-order valence-electron chi connectivity index (χ0n) is 18.6. The fraction of sp³-hybridized carbons (Fsp3) is 0.125. The van der Waals surface area contributed by atoms with Crippen molar-refractivity contribution >= 4 is 63.6 Å². The van der Waals surface area contributed by atoms with Crippen molar-refractivity contribution in [2.24, 2.45) is 5.10 Å². The van der Waals surface area contributed by atoms with Gasteiger partial charge in [-0.15, -0.1) is 0 Å². The Hall–Kier alpha value is -3.96. The summed E-state index contributed by atoms with van der Waals surface area (Å²) in [6.07, 6.45) is 2.67. The highest BCUT2D eigenvalue weighted by Gasteiger charge is 2.39. The summed E-state index contributed by atoms with van der Waals surface area (Å²) in [6.45, 7) is 1.72. The van der Waals surface area contributed by atoms with E-state index in [4.69, 9.17) is 21.7 Å². The third kappa shape index (κ3) is 4.68. The lowest BCUT2D eigenvalue weighted by atomic mass is 10.1. The van der Waals surface area contributed by atoms with Crippen LogP contribution in [-0.4, -0.2) is 51.5 Å². The Kier molecular flexibility index (Phi) is 6.99. The fourth-order valence-electron chi connectivity index (χ4n) is 3.31. The Morgan fingerprint density at radius 3 is 2.57 bits per heavy atom. The van der Waals surface area contributed by atoms with Crippen LogP contribution >= 0.6 is 24.0 Å². The van der Waals surface area contributed by atoms with Crippen LogP contribution in [0.15, 0.2) is 70.3 Å². The van der Waals surface area contributed by atoms with Crippen molar-refractivity contribution in [3.8, 4) is 11.5 Å². The van der Waals surface area contributed by atoms with E-state index >= 15 is 0 Å². The number of aromatic hydroxyl groups is 1. The standard InChI is InChI=1S/C24H19N3O6S2/c1-3-33-23(31)19-16(21(29)27(25-19)15-9-5-4-6-10-15)13-26-22(30)18(35-24(26)34)12-14-8-7-11-17(32-2)20(14)28/h4-13,28H,3H2,1-2H3/b16-13+,18-12-. The molecular formula is C24H19N3O6S2. The second kappa shape index (κ2) is 10.1. The zero-order valence-corrected chi connectivity index (χ0v) is 20.3. The summed E-state index contributed by atoms with van der Waals surface area (Å²) in [6, 6.07) is 13.4. The lowest BCUT2D eigenvalue weighted by molar-refractivity contribution is -0.135. The summed E-state index contributed by atoms with van der Waals surface area (Å²) in [5, 5.41) is 15.6. The van der Waals surface area contributed by atoms with Crippen molar-refractivity contribution < 1.29 is 29.0 Å². The summed E-state index contributed by atoms with van der Waals surface area (Å²) in [7, 11) is 1.42. The number of carbonyl (C=O) groups excluding carboxylic acids is 3. The minimum absolute atomic E-state index is 0.0818. The number of amides is 2. The number of hydrogen-bond acceptors (Lipinski definition) is 9. The number of phenols is 1. The Bertz CT molecular complexity index is 1320. The van der Waals surface area contributed by atoms with Gasteiger partial charge in [-0.1, -0.05) is 54.3 Å². The molecule has 11 heteroatoms. The second-order valence-electron chi connectivity index (χ2n) is 7.11. The van der Waals surface area contributed by atoms with Crippen molar-refractivity contribution in [2.75, 3.05) is 18.7 Å². The molecule has 2 aromatic rings. The molecule has 0 aliphatic carbocycles. The van der Waals surface area contributed by atoms with Gasteiger partial charge in [-0.3, -0.25) is 14.5 Å². The Morgan fingerprint density at radius 2 is 1.89 bits per heavy atom. The Balaban J connectivity index is 1.70. The maximum Gasteiger partial charge on any atom is 0.359 e. The molecule has 2 aliphatic heterocycles. The molecule has 2 heterocycles. The van der Waals surface area contributed by atoms with Gasteiger partial charge in [0.1, 0.15) is 0 Å². The number of ether oxygens (including phenoxy) is 2. The SMILES string of the molecule is CCOC(=O)C1=NN(c2ccccc2)C(=O)/C1=C/N1C(=O)/C(=C/c2cccc(OC)c2O)SC1=S. The topological polar surface area (TPSA) is 109 Å². The summed E-state index contributed by atoms with van der Waals surface area (Å²) in [4.78, 5) is 40.2. The maximum absolute atomic E-state index is 13.2. The van der Waals surface area contributed by atoms with Crippen molar-refractivity contribution in [2.45, 2.75) is 6.92 Å². The first-order valence-electron chi connectivity index (χ1n) is 10.4. The van der Waals surface area contributed by atoms with Gasteiger partial charge in [-0.05, 0) is 31.2 Å². The third-order valence-corrected chi connectivity index (χ3v) is 6.30. The molecule has 0 atom stereocenters. The van der Waals surface area contributed by atoms with Gasteiger partial charge in [0.25, 0.3) is 11.8 Å². The van der Waals surface area contributed by atoms with Crippen LogP contribution in [0.2, 0.25) is 0 Å². The minimum atomic E-state index is -0.798. The molecule has 35 heavy (non-hydrogen) atoms. The molecule has 1 N–H and O–H groups in total. The number of para-hydroxylation sites is 2. The van der Waals surface area contributed by atoms with Crippen molar-refractivity contribution in [1.82, 2.24) is 4.90 Å². The van der Waals surface area contributed by atoms with Gasteiger partial charge in [0.2, 0.25) is 0 Å². The Labute approximate surface area is 210 Å². The Morgan fingerprint density at radius 1 is 1.14 bits per heavy atom. The molecule has 0 bridgehead atoms. The average molecular weight is 510 g/mol. The van der Waals surface area contributed by atoms with Gasteiger partial charge in [-0.2, -0.15) is 10.1 Å². The van der Waals surface area contributed by atoms with Gasteiger partial charge < -0.3 is 14.6 Å². The number of nitrogens with zero attached hydrogens (tertiary/aromatic N) is 3. The van der Waals surface area contributed by atoms with E-state index in [2.05, 4.69) is 5.10 Å².